The smallest absolute Gasteiger partial charge is 0.0575 e. The highest BCUT2D eigenvalue weighted by molar-refractivity contribution is 4.74. The van der Waals surface area contributed by atoms with Gasteiger partial charge in [0.15, 0.2) is 0 Å². The van der Waals surface area contributed by atoms with Gasteiger partial charge in [-0.15, -0.1) is 0 Å². The topological polar surface area (TPSA) is 9.23 Å². The molecule has 0 amide bonds. The van der Waals surface area contributed by atoms with Crippen LogP contribution in [0.3, 0.4) is 0 Å². The second-order valence-electron chi connectivity index (χ2n) is 8.30. The lowest BCUT2D eigenvalue weighted by atomic mass is 9.80. The van der Waals surface area contributed by atoms with E-state index in [1.165, 1.54) is 89.9 Å². The highest BCUT2D eigenvalue weighted by Gasteiger charge is 2.23. The zero-order chi connectivity index (χ0) is 15.6. The summed E-state index contributed by atoms with van der Waals surface area (Å²) in [5.74, 6) is 2.84. The van der Waals surface area contributed by atoms with Crippen LogP contribution in [-0.2, 0) is 4.74 Å². The van der Waals surface area contributed by atoms with Crippen LogP contribution in [0.2, 0.25) is 0 Å². The monoisotopic (exact) mass is 308 g/mol. The van der Waals surface area contributed by atoms with Crippen molar-refractivity contribution in [3.63, 3.8) is 0 Å². The van der Waals surface area contributed by atoms with Crippen molar-refractivity contribution in [1.29, 1.82) is 0 Å². The van der Waals surface area contributed by atoms with Gasteiger partial charge in [0.25, 0.3) is 0 Å². The van der Waals surface area contributed by atoms with Crippen molar-refractivity contribution in [3.05, 3.63) is 0 Å². The van der Waals surface area contributed by atoms with Crippen molar-refractivity contribution in [3.8, 4) is 0 Å². The Kier molecular flexibility index (Phi) is 8.89. The summed E-state index contributed by atoms with van der Waals surface area (Å²) in [7, 11) is 0. The summed E-state index contributed by atoms with van der Waals surface area (Å²) in [5, 5.41) is 0. The van der Waals surface area contributed by atoms with E-state index in [1.807, 2.05) is 0 Å². The minimum Gasteiger partial charge on any atom is -0.378 e. The van der Waals surface area contributed by atoms with Gasteiger partial charge in [-0.25, -0.2) is 0 Å². The Labute approximate surface area is 139 Å². The van der Waals surface area contributed by atoms with Crippen LogP contribution in [0, 0.1) is 17.8 Å². The molecule has 22 heavy (non-hydrogen) atoms. The molecule has 0 atom stereocenters. The van der Waals surface area contributed by atoms with Crippen LogP contribution in [0.5, 0.6) is 0 Å². The van der Waals surface area contributed by atoms with Crippen molar-refractivity contribution in [2.24, 2.45) is 17.8 Å². The number of hydrogen-bond donors (Lipinski definition) is 0. The molecule has 0 saturated heterocycles. The largest absolute Gasteiger partial charge is 0.378 e. The lowest BCUT2D eigenvalue weighted by Crippen LogP contribution is -2.25. The molecule has 0 N–H and O–H groups in total. The molecule has 0 spiro atoms. The summed E-state index contributed by atoms with van der Waals surface area (Å²) in [6.07, 6.45) is 20.5. The molecule has 0 aromatic rings. The van der Waals surface area contributed by atoms with Gasteiger partial charge in [-0.2, -0.15) is 0 Å². The first-order valence-corrected chi connectivity index (χ1v) is 10.4. The predicted octanol–water partition coefficient (Wildman–Crippen LogP) is 6.75. The second kappa shape index (κ2) is 10.7. The van der Waals surface area contributed by atoms with E-state index in [-0.39, 0.29) is 0 Å². The summed E-state index contributed by atoms with van der Waals surface area (Å²) in [5.41, 5.74) is 0. The standard InChI is InChI=1S/C21H40O/c1-3-4-5-6-7-8-19-11-13-20(14-12-19)17-22-21-15-9-18(2)10-16-21/h18-21H,3-17H2,1-2H3. The molecule has 2 rings (SSSR count). The number of rotatable bonds is 9. The third-order valence-corrected chi connectivity index (χ3v) is 6.21. The number of ether oxygens (including phenoxy) is 1. The van der Waals surface area contributed by atoms with Crippen LogP contribution in [0.4, 0.5) is 0 Å². The van der Waals surface area contributed by atoms with E-state index in [9.17, 15) is 0 Å². The molecule has 2 aliphatic rings. The summed E-state index contributed by atoms with van der Waals surface area (Å²) in [4.78, 5) is 0. The molecule has 2 fully saturated rings. The van der Waals surface area contributed by atoms with E-state index in [4.69, 9.17) is 4.74 Å². The van der Waals surface area contributed by atoms with E-state index in [2.05, 4.69) is 13.8 Å². The maximum atomic E-state index is 6.23. The van der Waals surface area contributed by atoms with Crippen molar-refractivity contribution in [1.82, 2.24) is 0 Å². The summed E-state index contributed by atoms with van der Waals surface area (Å²) < 4.78 is 6.23. The van der Waals surface area contributed by atoms with E-state index in [1.54, 1.807) is 0 Å². The summed E-state index contributed by atoms with van der Waals surface area (Å²) in [6.45, 7) is 5.75. The molecule has 0 bridgehead atoms. The molecule has 0 radical (unpaired) electrons. The maximum absolute atomic E-state index is 6.23. The molecule has 2 saturated carbocycles. The van der Waals surface area contributed by atoms with Crippen LogP contribution in [0.1, 0.15) is 104 Å². The van der Waals surface area contributed by atoms with Gasteiger partial charge < -0.3 is 4.74 Å². The van der Waals surface area contributed by atoms with E-state index >= 15 is 0 Å². The molecule has 130 valence electrons. The third kappa shape index (κ3) is 7.02. The highest BCUT2D eigenvalue weighted by Crippen LogP contribution is 2.33. The Balaban J connectivity index is 1.48. The molecule has 0 unspecified atom stereocenters. The predicted molar refractivity (Wildman–Crippen MR) is 96.2 cm³/mol. The van der Waals surface area contributed by atoms with E-state index < -0.39 is 0 Å². The molecular weight excluding hydrogens is 268 g/mol. The minimum atomic E-state index is 0.590. The molecule has 0 aromatic carbocycles. The average Bonchev–Trinajstić information content (AvgIpc) is 2.55. The minimum absolute atomic E-state index is 0.590. The fraction of sp³-hybridized carbons (Fsp3) is 1.00. The zero-order valence-electron chi connectivity index (χ0n) is 15.3. The zero-order valence-corrected chi connectivity index (χ0v) is 15.3. The Morgan fingerprint density at radius 2 is 1.36 bits per heavy atom. The average molecular weight is 309 g/mol. The first-order chi connectivity index (χ1) is 10.8. The first-order valence-electron chi connectivity index (χ1n) is 10.4. The van der Waals surface area contributed by atoms with Crippen molar-refractivity contribution in [2.45, 2.75) is 110 Å². The quantitative estimate of drug-likeness (QED) is 0.428. The van der Waals surface area contributed by atoms with Gasteiger partial charge in [0, 0.05) is 6.61 Å². The van der Waals surface area contributed by atoms with Gasteiger partial charge in [0.05, 0.1) is 6.10 Å². The third-order valence-electron chi connectivity index (χ3n) is 6.21. The molecule has 1 nitrogen and oxygen atoms in total. The van der Waals surface area contributed by atoms with Gasteiger partial charge >= 0.3 is 0 Å². The number of unbranched alkanes of at least 4 members (excludes halogenated alkanes) is 4. The Hall–Kier alpha value is -0.0400. The molecule has 0 heterocycles. The fourth-order valence-corrected chi connectivity index (χ4v) is 4.39. The molecular formula is C21H40O. The second-order valence-corrected chi connectivity index (χ2v) is 8.30. The van der Waals surface area contributed by atoms with Crippen LogP contribution in [-0.4, -0.2) is 12.7 Å². The number of hydrogen-bond acceptors (Lipinski definition) is 1. The van der Waals surface area contributed by atoms with Crippen LogP contribution in [0.15, 0.2) is 0 Å². The van der Waals surface area contributed by atoms with Gasteiger partial charge in [0.2, 0.25) is 0 Å². The van der Waals surface area contributed by atoms with Crippen LogP contribution < -0.4 is 0 Å². The summed E-state index contributed by atoms with van der Waals surface area (Å²) >= 11 is 0. The molecule has 2 aliphatic carbocycles. The lowest BCUT2D eigenvalue weighted by molar-refractivity contribution is -0.00841. The SMILES string of the molecule is CCCCCCCC1CCC(COC2CCC(C)CC2)CC1. The maximum Gasteiger partial charge on any atom is 0.0575 e. The van der Waals surface area contributed by atoms with Crippen molar-refractivity contribution < 1.29 is 4.74 Å². The fourth-order valence-electron chi connectivity index (χ4n) is 4.39. The van der Waals surface area contributed by atoms with Crippen LogP contribution >= 0.6 is 0 Å². The highest BCUT2D eigenvalue weighted by atomic mass is 16.5. The Morgan fingerprint density at radius 1 is 0.727 bits per heavy atom. The van der Waals surface area contributed by atoms with E-state index in [0.717, 1.165) is 24.4 Å². The molecule has 1 heteroatoms. The molecule has 0 aliphatic heterocycles. The van der Waals surface area contributed by atoms with Crippen molar-refractivity contribution in [2.75, 3.05) is 6.61 Å². The van der Waals surface area contributed by atoms with Gasteiger partial charge in [0.1, 0.15) is 0 Å². The lowest BCUT2D eigenvalue weighted by Gasteiger charge is -2.31. The summed E-state index contributed by atoms with van der Waals surface area (Å²) in [6, 6.07) is 0. The normalized spacial score (nSPS) is 33.0. The Bertz CT molecular complexity index is 259. The molecule has 0 aromatic heterocycles. The van der Waals surface area contributed by atoms with E-state index in [0.29, 0.717) is 6.10 Å². The van der Waals surface area contributed by atoms with Gasteiger partial charge in [-0.1, -0.05) is 65.2 Å². The first kappa shape index (κ1) is 18.3. The van der Waals surface area contributed by atoms with Gasteiger partial charge in [-0.3, -0.25) is 0 Å². The van der Waals surface area contributed by atoms with Gasteiger partial charge in [-0.05, 0) is 56.3 Å². The Morgan fingerprint density at radius 3 is 2.05 bits per heavy atom. The van der Waals surface area contributed by atoms with Crippen LogP contribution in [0.25, 0.3) is 0 Å². The van der Waals surface area contributed by atoms with Crippen molar-refractivity contribution >= 4 is 0 Å².